The average molecular weight is 187 g/mol. The molecule has 0 atom stereocenters. The first-order valence-electron chi connectivity index (χ1n) is 4.45. The summed E-state index contributed by atoms with van der Waals surface area (Å²) in [5, 5.41) is 6.84. The van der Waals surface area contributed by atoms with Gasteiger partial charge in [-0.25, -0.2) is 0 Å². The number of anilines is 1. The molecule has 0 aromatic carbocycles. The second-order valence-electron chi connectivity index (χ2n) is 3.08. The fourth-order valence-electron chi connectivity index (χ4n) is 1.63. The van der Waals surface area contributed by atoms with Crippen LogP contribution < -0.4 is 4.90 Å². The lowest BCUT2D eigenvalue weighted by Crippen LogP contribution is -2.18. The van der Waals surface area contributed by atoms with Gasteiger partial charge < -0.3 is 4.74 Å². The minimum Gasteiger partial charge on any atom is -0.487 e. The maximum Gasteiger partial charge on any atom is 0.143 e. The summed E-state index contributed by atoms with van der Waals surface area (Å²) in [5.41, 5.74) is 1.08. The quantitative estimate of drug-likeness (QED) is 0.725. The van der Waals surface area contributed by atoms with Crippen LogP contribution in [0.4, 0.5) is 5.82 Å². The third kappa shape index (κ3) is 0.970. The molecule has 4 heteroatoms. The maximum absolute atomic E-state index is 5.43. The Labute approximate surface area is 81.2 Å². The zero-order valence-electron chi connectivity index (χ0n) is 7.47. The number of fused-ring (bicyclic) bond motifs is 1. The lowest BCUT2D eigenvalue weighted by Gasteiger charge is -2.22. The van der Waals surface area contributed by atoms with Crippen molar-refractivity contribution in [3.8, 4) is 0 Å². The maximum atomic E-state index is 5.43. The first-order valence-corrected chi connectivity index (χ1v) is 4.45. The van der Waals surface area contributed by atoms with Gasteiger partial charge in [0.1, 0.15) is 18.2 Å². The summed E-state index contributed by atoms with van der Waals surface area (Å²) in [5.74, 6) is 1.87. The highest BCUT2D eigenvalue weighted by molar-refractivity contribution is 5.58. The number of hydrogen-bond acceptors (Lipinski definition) is 3. The zero-order valence-corrected chi connectivity index (χ0v) is 7.47. The Morgan fingerprint density at radius 3 is 3.36 bits per heavy atom. The van der Waals surface area contributed by atoms with Crippen molar-refractivity contribution in [2.24, 2.45) is 0 Å². The second-order valence-corrected chi connectivity index (χ2v) is 3.08. The lowest BCUT2D eigenvalue weighted by molar-refractivity contribution is 0.275. The van der Waals surface area contributed by atoms with Crippen LogP contribution in [0, 0.1) is 0 Å². The van der Waals surface area contributed by atoms with Crippen LogP contribution >= 0.6 is 0 Å². The SMILES string of the molecule is C1=CN(c2ccn[nH]2)C2=CCOC2=C1. The Morgan fingerprint density at radius 1 is 1.50 bits per heavy atom. The molecule has 1 aromatic rings. The molecule has 2 aliphatic heterocycles. The summed E-state index contributed by atoms with van der Waals surface area (Å²) in [6.07, 6.45) is 9.69. The summed E-state index contributed by atoms with van der Waals surface area (Å²) in [4.78, 5) is 2.02. The van der Waals surface area contributed by atoms with E-state index in [2.05, 4.69) is 16.3 Å². The van der Waals surface area contributed by atoms with Crippen LogP contribution in [0.1, 0.15) is 0 Å². The van der Waals surface area contributed by atoms with Crippen molar-refractivity contribution < 1.29 is 4.74 Å². The van der Waals surface area contributed by atoms with Gasteiger partial charge in [-0.15, -0.1) is 0 Å². The summed E-state index contributed by atoms with van der Waals surface area (Å²) in [6, 6.07) is 1.92. The van der Waals surface area contributed by atoms with E-state index in [1.807, 2.05) is 29.3 Å². The fraction of sp³-hybridized carbons (Fsp3) is 0.100. The number of hydrogen-bond donors (Lipinski definition) is 1. The molecule has 2 aliphatic rings. The van der Waals surface area contributed by atoms with E-state index in [0.29, 0.717) is 6.61 Å². The summed E-state index contributed by atoms with van der Waals surface area (Å²) < 4.78 is 5.43. The van der Waals surface area contributed by atoms with E-state index in [1.165, 1.54) is 0 Å². The monoisotopic (exact) mass is 187 g/mol. The molecule has 14 heavy (non-hydrogen) atoms. The zero-order chi connectivity index (χ0) is 9.38. The van der Waals surface area contributed by atoms with Crippen LogP contribution in [0.15, 0.2) is 48.1 Å². The van der Waals surface area contributed by atoms with E-state index in [4.69, 9.17) is 4.74 Å². The molecule has 4 nitrogen and oxygen atoms in total. The van der Waals surface area contributed by atoms with Gasteiger partial charge in [-0.1, -0.05) is 0 Å². The predicted octanol–water partition coefficient (Wildman–Crippen LogP) is 1.54. The molecule has 0 fully saturated rings. The van der Waals surface area contributed by atoms with Gasteiger partial charge in [-0.05, 0) is 18.2 Å². The van der Waals surface area contributed by atoms with Gasteiger partial charge in [0.05, 0.1) is 11.9 Å². The second kappa shape index (κ2) is 2.77. The lowest BCUT2D eigenvalue weighted by atomic mass is 10.2. The highest BCUT2D eigenvalue weighted by Crippen LogP contribution is 2.29. The Hall–Kier alpha value is -1.97. The van der Waals surface area contributed by atoms with E-state index in [9.17, 15) is 0 Å². The van der Waals surface area contributed by atoms with Crippen molar-refractivity contribution in [3.05, 3.63) is 48.1 Å². The van der Waals surface area contributed by atoms with E-state index >= 15 is 0 Å². The highest BCUT2D eigenvalue weighted by Gasteiger charge is 2.21. The molecule has 0 saturated heterocycles. The van der Waals surface area contributed by atoms with Crippen LogP contribution in [0.3, 0.4) is 0 Å². The topological polar surface area (TPSA) is 41.2 Å². The first-order chi connectivity index (χ1) is 6.95. The van der Waals surface area contributed by atoms with Gasteiger partial charge in [0, 0.05) is 12.3 Å². The number of aromatic nitrogens is 2. The molecular weight excluding hydrogens is 178 g/mol. The molecule has 0 radical (unpaired) electrons. The van der Waals surface area contributed by atoms with Crippen LogP contribution in [-0.2, 0) is 4.74 Å². The van der Waals surface area contributed by atoms with Crippen LogP contribution in [-0.4, -0.2) is 16.8 Å². The molecule has 0 aliphatic carbocycles. The van der Waals surface area contributed by atoms with Gasteiger partial charge in [0.2, 0.25) is 0 Å². The molecule has 0 bridgehead atoms. The van der Waals surface area contributed by atoms with Crippen LogP contribution in [0.2, 0.25) is 0 Å². The van der Waals surface area contributed by atoms with Gasteiger partial charge in [-0.2, -0.15) is 5.10 Å². The largest absolute Gasteiger partial charge is 0.487 e. The number of nitrogens with zero attached hydrogens (tertiary/aromatic N) is 2. The summed E-state index contributed by atoms with van der Waals surface area (Å²) >= 11 is 0. The van der Waals surface area contributed by atoms with Crippen molar-refractivity contribution in [2.45, 2.75) is 0 Å². The Balaban J connectivity index is 2.03. The molecule has 70 valence electrons. The number of allylic oxidation sites excluding steroid dienone is 2. The minimum absolute atomic E-state index is 0.646. The van der Waals surface area contributed by atoms with E-state index < -0.39 is 0 Å². The Kier molecular flexibility index (Phi) is 1.47. The van der Waals surface area contributed by atoms with Crippen LogP contribution in [0.5, 0.6) is 0 Å². The smallest absolute Gasteiger partial charge is 0.143 e. The third-order valence-corrected chi connectivity index (χ3v) is 2.26. The molecule has 0 spiro atoms. The molecule has 1 N–H and O–H groups in total. The van der Waals surface area contributed by atoms with Gasteiger partial charge in [0.15, 0.2) is 0 Å². The predicted molar refractivity (Wildman–Crippen MR) is 52.3 cm³/mol. The molecule has 3 heterocycles. The van der Waals surface area contributed by atoms with Crippen LogP contribution in [0.25, 0.3) is 0 Å². The summed E-state index contributed by atoms with van der Waals surface area (Å²) in [7, 11) is 0. The van der Waals surface area contributed by atoms with Crippen molar-refractivity contribution in [3.63, 3.8) is 0 Å². The normalized spacial score (nSPS) is 18.7. The van der Waals surface area contributed by atoms with Crippen molar-refractivity contribution in [1.29, 1.82) is 0 Å². The molecule has 3 rings (SSSR count). The van der Waals surface area contributed by atoms with Crippen molar-refractivity contribution in [1.82, 2.24) is 10.2 Å². The Bertz CT molecular complexity index is 428. The third-order valence-electron chi connectivity index (χ3n) is 2.26. The molecule has 0 saturated carbocycles. The fourth-order valence-corrected chi connectivity index (χ4v) is 1.63. The first kappa shape index (κ1) is 7.44. The molecule has 0 unspecified atom stereocenters. The van der Waals surface area contributed by atoms with E-state index in [-0.39, 0.29) is 0 Å². The van der Waals surface area contributed by atoms with Crippen molar-refractivity contribution >= 4 is 5.82 Å². The number of aromatic amines is 1. The number of nitrogens with one attached hydrogen (secondary N) is 1. The number of ether oxygens (including phenoxy) is 1. The minimum atomic E-state index is 0.646. The van der Waals surface area contributed by atoms with E-state index in [0.717, 1.165) is 17.3 Å². The molecule has 0 amide bonds. The standard InChI is InChI=1S/C10H9N3O/c1-2-9-8(4-7-14-9)13(6-1)10-3-5-11-12-10/h1-6H,7H2,(H,11,12). The molecule has 1 aromatic heterocycles. The van der Waals surface area contributed by atoms with Crippen molar-refractivity contribution in [2.75, 3.05) is 11.5 Å². The van der Waals surface area contributed by atoms with E-state index in [1.54, 1.807) is 6.20 Å². The van der Waals surface area contributed by atoms with Gasteiger partial charge in [0.25, 0.3) is 0 Å². The number of H-pyrrole nitrogens is 1. The molecular formula is C10H9N3O. The average Bonchev–Trinajstić information content (AvgIpc) is 2.88. The Morgan fingerprint density at radius 2 is 2.50 bits per heavy atom. The highest BCUT2D eigenvalue weighted by atomic mass is 16.5. The summed E-state index contributed by atoms with van der Waals surface area (Å²) in [6.45, 7) is 0.646. The van der Waals surface area contributed by atoms with Gasteiger partial charge in [-0.3, -0.25) is 10.00 Å². The number of rotatable bonds is 1. The van der Waals surface area contributed by atoms with Gasteiger partial charge >= 0.3 is 0 Å².